The molecular weight excluding hydrogens is 318 g/mol. The highest BCUT2D eigenvalue weighted by Gasteiger charge is 2.17. The van der Waals surface area contributed by atoms with Crippen molar-refractivity contribution in [2.24, 2.45) is 0 Å². The molecule has 0 bridgehead atoms. The Bertz CT molecular complexity index is 900. The van der Waals surface area contributed by atoms with Gasteiger partial charge in [0.2, 0.25) is 5.78 Å². The van der Waals surface area contributed by atoms with E-state index in [0.717, 1.165) is 10.9 Å². The van der Waals surface area contributed by atoms with Crippen LogP contribution in [0.25, 0.3) is 10.9 Å². The molecule has 2 N–H and O–H groups in total. The van der Waals surface area contributed by atoms with Crippen LogP contribution in [0.4, 0.5) is 0 Å². The Morgan fingerprint density at radius 1 is 1.13 bits per heavy atom. The van der Waals surface area contributed by atoms with E-state index in [1.54, 1.807) is 6.20 Å². The molecule has 23 heavy (non-hydrogen) atoms. The van der Waals surface area contributed by atoms with Crippen LogP contribution in [0.1, 0.15) is 20.7 Å². The van der Waals surface area contributed by atoms with Crippen LogP contribution in [0.2, 0.25) is 5.02 Å². The van der Waals surface area contributed by atoms with E-state index in [1.807, 2.05) is 24.3 Å². The predicted molar refractivity (Wildman–Crippen MR) is 86.0 cm³/mol. The Kier molecular flexibility index (Phi) is 4.04. The zero-order valence-corrected chi connectivity index (χ0v) is 12.6. The molecule has 2 aromatic carbocycles. The number of carbonyl (C=O) groups is 2. The van der Waals surface area contributed by atoms with E-state index in [2.05, 4.69) is 4.98 Å². The van der Waals surface area contributed by atoms with Crippen LogP contribution in [0.15, 0.2) is 48.7 Å². The van der Waals surface area contributed by atoms with E-state index in [1.165, 1.54) is 18.2 Å². The summed E-state index contributed by atoms with van der Waals surface area (Å²) in [6, 6.07) is 11.4. The lowest BCUT2D eigenvalue weighted by molar-refractivity contribution is 0.0472. The summed E-state index contributed by atoms with van der Waals surface area (Å²) in [4.78, 5) is 27.2. The molecular formula is C17H12ClNO4. The van der Waals surface area contributed by atoms with E-state index in [4.69, 9.17) is 16.3 Å². The van der Waals surface area contributed by atoms with Crippen molar-refractivity contribution in [1.29, 1.82) is 0 Å². The number of hydrogen-bond acceptors (Lipinski definition) is 4. The second-order valence-corrected chi connectivity index (χ2v) is 5.35. The number of nitrogens with one attached hydrogen (secondary N) is 1. The number of fused-ring (bicyclic) bond motifs is 1. The largest absolute Gasteiger partial charge is 0.507 e. The molecule has 5 nitrogen and oxygen atoms in total. The predicted octanol–water partition coefficient (Wildman–Crippen LogP) is 3.57. The van der Waals surface area contributed by atoms with Gasteiger partial charge in [-0.2, -0.15) is 0 Å². The van der Waals surface area contributed by atoms with Crippen molar-refractivity contribution in [2.45, 2.75) is 0 Å². The average Bonchev–Trinajstić information content (AvgIpc) is 2.98. The Labute approximate surface area is 136 Å². The van der Waals surface area contributed by atoms with E-state index in [9.17, 15) is 14.7 Å². The summed E-state index contributed by atoms with van der Waals surface area (Å²) in [5.74, 6) is -1.39. The summed E-state index contributed by atoms with van der Waals surface area (Å²) in [6.45, 7) is -0.424. The summed E-state index contributed by atoms with van der Waals surface area (Å²) in [6.07, 6.45) is 1.58. The number of rotatable bonds is 4. The second kappa shape index (κ2) is 6.14. The first-order valence-electron chi connectivity index (χ1n) is 6.81. The highest BCUT2D eigenvalue weighted by Crippen LogP contribution is 2.23. The second-order valence-electron chi connectivity index (χ2n) is 4.91. The zero-order chi connectivity index (χ0) is 16.4. The smallest absolute Gasteiger partial charge is 0.342 e. The zero-order valence-electron chi connectivity index (χ0n) is 11.9. The summed E-state index contributed by atoms with van der Waals surface area (Å²) >= 11 is 5.78. The number of carbonyl (C=O) groups excluding carboxylic acids is 2. The van der Waals surface area contributed by atoms with Crippen molar-refractivity contribution in [3.05, 3.63) is 64.8 Å². The molecule has 0 saturated carbocycles. The fourth-order valence-electron chi connectivity index (χ4n) is 2.26. The third-order valence-corrected chi connectivity index (χ3v) is 3.64. The van der Waals surface area contributed by atoms with Gasteiger partial charge in [-0.05, 0) is 24.3 Å². The van der Waals surface area contributed by atoms with Crippen molar-refractivity contribution in [1.82, 2.24) is 4.98 Å². The maximum Gasteiger partial charge on any atom is 0.342 e. The standard InChI is InChI=1S/C17H12ClNO4/c18-10-5-6-15(20)12(7-10)17(22)23-9-16(21)13-8-19-14-4-2-1-3-11(13)14/h1-8,19-20H,9H2. The summed E-state index contributed by atoms with van der Waals surface area (Å²) in [5.41, 5.74) is 1.20. The Balaban J connectivity index is 1.74. The minimum atomic E-state index is -0.807. The summed E-state index contributed by atoms with van der Waals surface area (Å²) < 4.78 is 4.98. The number of ketones is 1. The lowest BCUT2D eigenvalue weighted by atomic mass is 10.1. The first-order chi connectivity index (χ1) is 11.1. The van der Waals surface area contributed by atoms with Crippen molar-refractivity contribution >= 4 is 34.3 Å². The first kappa shape index (κ1) is 15.1. The van der Waals surface area contributed by atoms with E-state index >= 15 is 0 Å². The number of ether oxygens (including phenoxy) is 1. The Morgan fingerprint density at radius 3 is 2.74 bits per heavy atom. The molecule has 0 saturated heterocycles. The third-order valence-electron chi connectivity index (χ3n) is 3.40. The molecule has 0 fully saturated rings. The van der Waals surface area contributed by atoms with Crippen LogP contribution in [0.3, 0.4) is 0 Å². The monoisotopic (exact) mass is 329 g/mol. The third kappa shape index (κ3) is 3.05. The van der Waals surface area contributed by atoms with Crippen LogP contribution in [-0.4, -0.2) is 28.4 Å². The van der Waals surface area contributed by atoms with Crippen molar-refractivity contribution in [3.8, 4) is 5.75 Å². The quantitative estimate of drug-likeness (QED) is 0.566. The first-order valence-corrected chi connectivity index (χ1v) is 7.19. The van der Waals surface area contributed by atoms with Crippen LogP contribution in [0, 0.1) is 0 Å². The number of halogens is 1. The van der Waals surface area contributed by atoms with Gasteiger partial charge in [0, 0.05) is 27.7 Å². The number of hydrogen-bond donors (Lipinski definition) is 2. The maximum absolute atomic E-state index is 12.2. The van der Waals surface area contributed by atoms with Gasteiger partial charge in [-0.25, -0.2) is 4.79 Å². The lowest BCUT2D eigenvalue weighted by Gasteiger charge is -2.06. The number of aromatic hydroxyl groups is 1. The fourth-order valence-corrected chi connectivity index (χ4v) is 2.43. The Morgan fingerprint density at radius 2 is 1.91 bits per heavy atom. The normalized spacial score (nSPS) is 10.7. The van der Waals surface area contributed by atoms with Gasteiger partial charge in [0.05, 0.1) is 0 Å². The molecule has 3 aromatic rings. The van der Waals surface area contributed by atoms with Crippen molar-refractivity contribution in [2.75, 3.05) is 6.61 Å². The van der Waals surface area contributed by atoms with Gasteiger partial charge in [-0.15, -0.1) is 0 Å². The number of phenolic OH excluding ortho intramolecular Hbond substituents is 1. The molecule has 0 aliphatic heterocycles. The van der Waals surface area contributed by atoms with Gasteiger partial charge >= 0.3 is 5.97 Å². The van der Waals surface area contributed by atoms with Gasteiger partial charge in [0.15, 0.2) is 6.61 Å². The fraction of sp³-hybridized carbons (Fsp3) is 0.0588. The molecule has 6 heteroatoms. The molecule has 1 heterocycles. The maximum atomic E-state index is 12.2. The van der Waals surface area contributed by atoms with Crippen LogP contribution in [0.5, 0.6) is 5.75 Å². The van der Waals surface area contributed by atoms with Crippen LogP contribution >= 0.6 is 11.6 Å². The molecule has 0 aliphatic rings. The molecule has 1 aromatic heterocycles. The number of aromatic nitrogens is 1. The molecule has 0 amide bonds. The van der Waals surface area contributed by atoms with E-state index in [-0.39, 0.29) is 22.1 Å². The summed E-state index contributed by atoms with van der Waals surface area (Å²) in [7, 11) is 0. The minimum absolute atomic E-state index is 0.0794. The highest BCUT2D eigenvalue weighted by atomic mass is 35.5. The molecule has 0 spiro atoms. The Hall–Kier alpha value is -2.79. The number of aromatic amines is 1. The molecule has 116 valence electrons. The number of Topliss-reactive ketones (excluding diaryl/α,β-unsaturated/α-hetero) is 1. The molecule has 0 atom stereocenters. The number of esters is 1. The highest BCUT2D eigenvalue weighted by molar-refractivity contribution is 6.31. The topological polar surface area (TPSA) is 79.4 Å². The SMILES string of the molecule is O=C(OCC(=O)c1c[nH]c2ccccc12)c1cc(Cl)ccc1O. The van der Waals surface area contributed by atoms with Gasteiger partial charge < -0.3 is 14.8 Å². The van der Waals surface area contributed by atoms with E-state index in [0.29, 0.717) is 5.56 Å². The van der Waals surface area contributed by atoms with Gasteiger partial charge in [0.25, 0.3) is 0 Å². The lowest BCUT2D eigenvalue weighted by Crippen LogP contribution is -2.14. The molecule has 0 aliphatic carbocycles. The number of para-hydroxylation sites is 1. The molecule has 0 unspecified atom stereocenters. The summed E-state index contributed by atoms with van der Waals surface area (Å²) in [5, 5.41) is 10.7. The molecule has 0 radical (unpaired) electrons. The number of benzene rings is 2. The van der Waals surface area contributed by atoms with Gasteiger partial charge in [-0.3, -0.25) is 4.79 Å². The number of phenols is 1. The van der Waals surface area contributed by atoms with Crippen molar-refractivity contribution in [3.63, 3.8) is 0 Å². The van der Waals surface area contributed by atoms with Crippen molar-refractivity contribution < 1.29 is 19.4 Å². The van der Waals surface area contributed by atoms with Gasteiger partial charge in [0.1, 0.15) is 11.3 Å². The average molecular weight is 330 g/mol. The van der Waals surface area contributed by atoms with Gasteiger partial charge in [-0.1, -0.05) is 29.8 Å². The molecule has 3 rings (SSSR count). The minimum Gasteiger partial charge on any atom is -0.507 e. The van der Waals surface area contributed by atoms with E-state index < -0.39 is 12.6 Å². The number of H-pyrrole nitrogens is 1. The van der Waals surface area contributed by atoms with Crippen LogP contribution in [-0.2, 0) is 4.74 Å². The van der Waals surface area contributed by atoms with Crippen LogP contribution < -0.4 is 0 Å².